The van der Waals surface area contributed by atoms with E-state index in [0.29, 0.717) is 5.92 Å². The van der Waals surface area contributed by atoms with Gasteiger partial charge in [-0.05, 0) is 25.3 Å². The molecular weight excluding hydrogens is 190 g/mol. The summed E-state index contributed by atoms with van der Waals surface area (Å²) in [5.41, 5.74) is -0.408. The van der Waals surface area contributed by atoms with Crippen LogP contribution < -0.4 is 5.32 Å². The van der Waals surface area contributed by atoms with Gasteiger partial charge < -0.3 is 10.1 Å². The van der Waals surface area contributed by atoms with Gasteiger partial charge in [0.05, 0.1) is 7.11 Å². The van der Waals surface area contributed by atoms with E-state index in [1.54, 1.807) is 0 Å². The Morgan fingerprint density at radius 1 is 1.54 bits per heavy atom. The van der Waals surface area contributed by atoms with Crippen LogP contribution in [-0.2, 0) is 9.53 Å². The highest BCUT2D eigenvalue weighted by molar-refractivity contribution is 5.85. The van der Waals surface area contributed by atoms with Gasteiger partial charge >= 0.3 is 5.97 Å². The van der Waals surface area contributed by atoms with E-state index >= 15 is 0 Å². The van der Waals surface area contributed by atoms with Gasteiger partial charge in [-0.2, -0.15) is 0 Å². The van der Waals surface area contributed by atoms with Crippen molar-refractivity contribution in [3.05, 3.63) is 0 Å². The van der Waals surface area contributed by atoms with Crippen LogP contribution in [0.15, 0.2) is 0 Å². The van der Waals surface area contributed by atoms with Gasteiger partial charge in [-0.25, -0.2) is 0 Å². The number of esters is 1. The van der Waals surface area contributed by atoms with Crippen molar-refractivity contribution in [1.29, 1.82) is 0 Å². The molecule has 0 bridgehead atoms. The molecule has 78 valence electrons. The number of halogens is 1. The second kappa shape index (κ2) is 4.82. The minimum atomic E-state index is -0.408. The number of hydrogen-bond donors (Lipinski definition) is 1. The number of methoxy groups -OCH3 is 1. The van der Waals surface area contributed by atoms with E-state index < -0.39 is 5.54 Å². The fourth-order valence-corrected chi connectivity index (χ4v) is 1.85. The molecule has 0 unspecified atom stereocenters. The molecule has 4 heteroatoms. The average Bonchev–Trinajstić information content (AvgIpc) is 2.52. The standard InChI is InChI=1S/C9H17NO2.ClH/c1-7(2)9(8(11)12-3)5-4-6-10-9;/h7,10H,4-6H2,1-3H3;1H/t9-;/m0./s1. The molecule has 1 saturated heterocycles. The lowest BCUT2D eigenvalue weighted by atomic mass is 9.85. The molecule has 0 saturated carbocycles. The first-order valence-electron chi connectivity index (χ1n) is 4.47. The molecule has 0 aromatic heterocycles. The maximum atomic E-state index is 11.5. The Labute approximate surface area is 85.6 Å². The molecule has 1 heterocycles. The quantitative estimate of drug-likeness (QED) is 0.695. The fraction of sp³-hybridized carbons (Fsp3) is 0.889. The molecule has 1 N–H and O–H groups in total. The zero-order chi connectivity index (χ0) is 9.19. The van der Waals surface area contributed by atoms with E-state index in [0.717, 1.165) is 19.4 Å². The van der Waals surface area contributed by atoms with Gasteiger partial charge in [-0.1, -0.05) is 13.8 Å². The first-order valence-corrected chi connectivity index (χ1v) is 4.47. The van der Waals surface area contributed by atoms with Gasteiger partial charge in [-0.3, -0.25) is 4.79 Å². The van der Waals surface area contributed by atoms with Crippen molar-refractivity contribution in [3.8, 4) is 0 Å². The molecule has 0 radical (unpaired) electrons. The van der Waals surface area contributed by atoms with Crippen LogP contribution in [0.25, 0.3) is 0 Å². The lowest BCUT2D eigenvalue weighted by molar-refractivity contribution is -0.150. The zero-order valence-electron chi connectivity index (χ0n) is 8.42. The van der Waals surface area contributed by atoms with E-state index in [2.05, 4.69) is 19.2 Å². The molecule has 13 heavy (non-hydrogen) atoms. The smallest absolute Gasteiger partial charge is 0.326 e. The van der Waals surface area contributed by atoms with Crippen molar-refractivity contribution in [2.24, 2.45) is 5.92 Å². The zero-order valence-corrected chi connectivity index (χ0v) is 9.24. The number of carbonyl (C=O) groups excluding carboxylic acids is 1. The molecule has 1 fully saturated rings. The summed E-state index contributed by atoms with van der Waals surface area (Å²) < 4.78 is 4.80. The minimum absolute atomic E-state index is 0. The number of ether oxygens (including phenoxy) is 1. The van der Waals surface area contributed by atoms with E-state index in [4.69, 9.17) is 4.74 Å². The third-order valence-corrected chi connectivity index (χ3v) is 2.72. The molecule has 0 aromatic rings. The van der Waals surface area contributed by atoms with Crippen LogP contribution in [0.1, 0.15) is 26.7 Å². The lowest BCUT2D eigenvalue weighted by Gasteiger charge is -2.30. The van der Waals surface area contributed by atoms with Gasteiger partial charge in [0.2, 0.25) is 0 Å². The number of rotatable bonds is 2. The van der Waals surface area contributed by atoms with Crippen LogP contribution in [0.4, 0.5) is 0 Å². The first-order chi connectivity index (χ1) is 5.63. The number of carbonyl (C=O) groups is 1. The predicted molar refractivity (Wildman–Crippen MR) is 54.1 cm³/mol. The first kappa shape index (κ1) is 12.7. The average molecular weight is 208 g/mol. The SMILES string of the molecule is COC(=O)[C@@]1(C(C)C)CCCN1.Cl. The predicted octanol–water partition coefficient (Wildman–Crippen LogP) is 1.36. The molecule has 1 aliphatic heterocycles. The van der Waals surface area contributed by atoms with E-state index in [-0.39, 0.29) is 18.4 Å². The summed E-state index contributed by atoms with van der Waals surface area (Å²) in [6.07, 6.45) is 1.96. The molecule has 3 nitrogen and oxygen atoms in total. The number of hydrogen-bond acceptors (Lipinski definition) is 3. The van der Waals surface area contributed by atoms with Gasteiger partial charge in [0.1, 0.15) is 5.54 Å². The van der Waals surface area contributed by atoms with Gasteiger partial charge in [0, 0.05) is 0 Å². The Morgan fingerprint density at radius 2 is 2.15 bits per heavy atom. The Bertz CT molecular complexity index is 176. The van der Waals surface area contributed by atoms with Crippen LogP contribution in [0, 0.1) is 5.92 Å². The van der Waals surface area contributed by atoms with Crippen LogP contribution in [0.3, 0.4) is 0 Å². The summed E-state index contributed by atoms with van der Waals surface area (Å²) in [6.45, 7) is 5.03. The summed E-state index contributed by atoms with van der Waals surface area (Å²) in [7, 11) is 1.45. The highest BCUT2D eigenvalue weighted by Crippen LogP contribution is 2.28. The van der Waals surface area contributed by atoms with Crippen LogP contribution in [-0.4, -0.2) is 25.2 Å². The summed E-state index contributed by atoms with van der Waals surface area (Å²) >= 11 is 0. The molecule has 1 atom stereocenters. The Balaban J connectivity index is 0.00000144. The van der Waals surface area contributed by atoms with Crippen molar-refractivity contribution < 1.29 is 9.53 Å². The second-order valence-corrected chi connectivity index (χ2v) is 3.65. The van der Waals surface area contributed by atoms with Crippen molar-refractivity contribution in [2.45, 2.75) is 32.2 Å². The summed E-state index contributed by atoms with van der Waals surface area (Å²) in [5.74, 6) is 0.183. The van der Waals surface area contributed by atoms with Gasteiger partial charge in [0.25, 0.3) is 0 Å². The maximum Gasteiger partial charge on any atom is 0.326 e. The Kier molecular flexibility index (Phi) is 4.71. The molecule has 1 rings (SSSR count). The fourth-order valence-electron chi connectivity index (χ4n) is 1.85. The highest BCUT2D eigenvalue weighted by Gasteiger charge is 2.44. The molecule has 0 spiro atoms. The topological polar surface area (TPSA) is 38.3 Å². The maximum absolute atomic E-state index is 11.5. The monoisotopic (exact) mass is 207 g/mol. The summed E-state index contributed by atoms with van der Waals surface area (Å²) in [4.78, 5) is 11.5. The van der Waals surface area contributed by atoms with E-state index in [1.165, 1.54) is 7.11 Å². The molecule has 1 aliphatic rings. The van der Waals surface area contributed by atoms with Gasteiger partial charge in [-0.15, -0.1) is 12.4 Å². The van der Waals surface area contributed by atoms with E-state index in [9.17, 15) is 4.79 Å². The van der Waals surface area contributed by atoms with Crippen LogP contribution >= 0.6 is 12.4 Å². The number of nitrogens with one attached hydrogen (secondary N) is 1. The van der Waals surface area contributed by atoms with Crippen molar-refractivity contribution in [1.82, 2.24) is 5.32 Å². The Morgan fingerprint density at radius 3 is 2.46 bits per heavy atom. The lowest BCUT2D eigenvalue weighted by Crippen LogP contribution is -2.52. The molecule has 0 aromatic carbocycles. The van der Waals surface area contributed by atoms with Gasteiger partial charge in [0.15, 0.2) is 0 Å². The third-order valence-electron chi connectivity index (χ3n) is 2.72. The van der Waals surface area contributed by atoms with Crippen LogP contribution in [0.2, 0.25) is 0 Å². The second-order valence-electron chi connectivity index (χ2n) is 3.65. The molecule has 0 aliphatic carbocycles. The van der Waals surface area contributed by atoms with Crippen LogP contribution in [0.5, 0.6) is 0 Å². The minimum Gasteiger partial charge on any atom is -0.468 e. The van der Waals surface area contributed by atoms with Crippen molar-refractivity contribution in [3.63, 3.8) is 0 Å². The summed E-state index contributed by atoms with van der Waals surface area (Å²) in [6, 6.07) is 0. The molecule has 0 amide bonds. The van der Waals surface area contributed by atoms with E-state index in [1.807, 2.05) is 0 Å². The third kappa shape index (κ3) is 2.15. The normalized spacial score (nSPS) is 27.1. The van der Waals surface area contributed by atoms with Crippen molar-refractivity contribution in [2.75, 3.05) is 13.7 Å². The highest BCUT2D eigenvalue weighted by atomic mass is 35.5. The largest absolute Gasteiger partial charge is 0.468 e. The van der Waals surface area contributed by atoms with Crippen molar-refractivity contribution >= 4 is 18.4 Å². The summed E-state index contributed by atoms with van der Waals surface area (Å²) in [5, 5.41) is 3.25. The Hall–Kier alpha value is -0.280. The molecular formula is C9H18ClNO2.